The molecular formula is C8H8BrFO2. The molecule has 66 valence electrons. The highest BCUT2D eigenvalue weighted by Crippen LogP contribution is 2.29. The highest BCUT2D eigenvalue weighted by Gasteiger charge is 2.05. The lowest BCUT2D eigenvalue weighted by Crippen LogP contribution is -2.03. The van der Waals surface area contributed by atoms with Gasteiger partial charge >= 0.3 is 0 Å². The summed E-state index contributed by atoms with van der Waals surface area (Å²) in [6, 6.07) is 4.58. The van der Waals surface area contributed by atoms with Crippen LogP contribution in [-0.4, -0.2) is 11.5 Å². The van der Waals surface area contributed by atoms with Crippen molar-refractivity contribution in [2.45, 2.75) is 13.3 Å². The summed E-state index contributed by atoms with van der Waals surface area (Å²) in [7, 11) is 0. The number of halogens is 2. The van der Waals surface area contributed by atoms with Crippen LogP contribution in [0.5, 0.6) is 11.5 Å². The zero-order valence-electron chi connectivity index (χ0n) is 6.42. The SMILES string of the molecule is CC(F)Oc1cc(Br)ccc1O. The van der Waals surface area contributed by atoms with Gasteiger partial charge in [-0.1, -0.05) is 15.9 Å². The second-order valence-electron chi connectivity index (χ2n) is 2.27. The molecule has 1 aromatic carbocycles. The van der Waals surface area contributed by atoms with Crippen molar-refractivity contribution in [1.29, 1.82) is 0 Å². The van der Waals surface area contributed by atoms with Crippen molar-refractivity contribution in [2.75, 3.05) is 0 Å². The topological polar surface area (TPSA) is 29.5 Å². The van der Waals surface area contributed by atoms with Crippen LogP contribution in [0, 0.1) is 0 Å². The van der Waals surface area contributed by atoms with E-state index in [-0.39, 0.29) is 11.5 Å². The summed E-state index contributed by atoms with van der Waals surface area (Å²) >= 11 is 3.17. The molecule has 0 aliphatic rings. The molecule has 0 aliphatic carbocycles. The fourth-order valence-electron chi connectivity index (χ4n) is 0.757. The van der Waals surface area contributed by atoms with Gasteiger partial charge in [-0.2, -0.15) is 0 Å². The maximum absolute atomic E-state index is 12.4. The quantitative estimate of drug-likeness (QED) is 0.853. The van der Waals surface area contributed by atoms with Gasteiger partial charge in [-0.15, -0.1) is 0 Å². The van der Waals surface area contributed by atoms with Gasteiger partial charge in [0.1, 0.15) is 0 Å². The molecule has 0 spiro atoms. The van der Waals surface area contributed by atoms with Gasteiger partial charge < -0.3 is 9.84 Å². The lowest BCUT2D eigenvalue weighted by molar-refractivity contribution is 0.0827. The Labute approximate surface area is 78.1 Å². The third-order valence-corrected chi connectivity index (χ3v) is 1.70. The lowest BCUT2D eigenvalue weighted by Gasteiger charge is -2.08. The van der Waals surface area contributed by atoms with E-state index in [1.165, 1.54) is 19.1 Å². The van der Waals surface area contributed by atoms with Crippen LogP contribution in [0.3, 0.4) is 0 Å². The molecule has 0 fully saturated rings. The van der Waals surface area contributed by atoms with Crippen LogP contribution in [0.25, 0.3) is 0 Å². The molecule has 0 aliphatic heterocycles. The zero-order valence-corrected chi connectivity index (χ0v) is 8.01. The van der Waals surface area contributed by atoms with Gasteiger partial charge in [0.25, 0.3) is 0 Å². The average Bonchev–Trinajstić information content (AvgIpc) is 1.96. The molecule has 0 heterocycles. The molecule has 0 saturated heterocycles. The fourth-order valence-corrected chi connectivity index (χ4v) is 1.10. The van der Waals surface area contributed by atoms with Gasteiger partial charge in [0.2, 0.25) is 6.36 Å². The number of hydrogen-bond acceptors (Lipinski definition) is 2. The van der Waals surface area contributed by atoms with E-state index >= 15 is 0 Å². The highest BCUT2D eigenvalue weighted by atomic mass is 79.9. The maximum atomic E-state index is 12.4. The van der Waals surface area contributed by atoms with Gasteiger partial charge in [0.05, 0.1) is 0 Å². The number of benzene rings is 1. The summed E-state index contributed by atoms with van der Waals surface area (Å²) in [6.07, 6.45) is -1.43. The van der Waals surface area contributed by atoms with E-state index in [1.807, 2.05) is 0 Å². The number of phenols is 1. The molecule has 1 unspecified atom stereocenters. The van der Waals surface area contributed by atoms with E-state index < -0.39 is 6.36 Å². The van der Waals surface area contributed by atoms with E-state index in [4.69, 9.17) is 0 Å². The molecule has 1 rings (SSSR count). The van der Waals surface area contributed by atoms with Gasteiger partial charge in [-0.3, -0.25) is 0 Å². The van der Waals surface area contributed by atoms with E-state index in [0.29, 0.717) is 0 Å². The molecule has 4 heteroatoms. The highest BCUT2D eigenvalue weighted by molar-refractivity contribution is 9.10. The first-order valence-corrected chi connectivity index (χ1v) is 4.18. The van der Waals surface area contributed by atoms with Crippen molar-refractivity contribution in [3.63, 3.8) is 0 Å². The van der Waals surface area contributed by atoms with E-state index in [0.717, 1.165) is 4.47 Å². The summed E-state index contributed by atoms with van der Waals surface area (Å²) in [5.74, 6) is 0.0714. The Balaban J connectivity index is 2.90. The van der Waals surface area contributed by atoms with Gasteiger partial charge in [-0.25, -0.2) is 4.39 Å². The predicted octanol–water partition coefficient (Wildman–Crippen LogP) is 2.85. The van der Waals surface area contributed by atoms with Crippen molar-refractivity contribution >= 4 is 15.9 Å². The number of aromatic hydroxyl groups is 1. The summed E-state index contributed by atoms with van der Waals surface area (Å²) in [5, 5.41) is 9.17. The maximum Gasteiger partial charge on any atom is 0.236 e. The second kappa shape index (κ2) is 3.76. The first kappa shape index (κ1) is 9.32. The monoisotopic (exact) mass is 234 g/mol. The Morgan fingerprint density at radius 1 is 1.58 bits per heavy atom. The van der Waals surface area contributed by atoms with E-state index in [1.54, 1.807) is 6.07 Å². The molecule has 0 amide bonds. The first-order valence-electron chi connectivity index (χ1n) is 3.39. The standard InChI is InChI=1S/C8H8BrFO2/c1-5(10)12-8-4-6(9)2-3-7(8)11/h2-5,11H,1H3. The molecule has 1 atom stereocenters. The minimum atomic E-state index is -1.43. The predicted molar refractivity (Wildman–Crippen MR) is 47.0 cm³/mol. The Kier molecular flexibility index (Phi) is 2.92. The normalized spacial score (nSPS) is 12.6. The Morgan fingerprint density at radius 2 is 2.25 bits per heavy atom. The van der Waals surface area contributed by atoms with Crippen LogP contribution >= 0.6 is 15.9 Å². The van der Waals surface area contributed by atoms with Crippen LogP contribution < -0.4 is 4.74 Å². The van der Waals surface area contributed by atoms with E-state index in [9.17, 15) is 9.50 Å². The molecule has 0 bridgehead atoms. The largest absolute Gasteiger partial charge is 0.504 e. The smallest absolute Gasteiger partial charge is 0.236 e. The number of ether oxygens (including phenoxy) is 1. The number of alkyl halides is 1. The minimum absolute atomic E-state index is 0.0669. The third kappa shape index (κ3) is 2.37. The van der Waals surface area contributed by atoms with Crippen molar-refractivity contribution in [3.05, 3.63) is 22.7 Å². The van der Waals surface area contributed by atoms with Crippen molar-refractivity contribution < 1.29 is 14.2 Å². The molecule has 2 nitrogen and oxygen atoms in total. The Bertz CT molecular complexity index is 276. The van der Waals surface area contributed by atoms with Gasteiger partial charge in [-0.05, 0) is 18.2 Å². The Morgan fingerprint density at radius 3 is 2.83 bits per heavy atom. The van der Waals surface area contributed by atoms with Gasteiger partial charge in [0.15, 0.2) is 11.5 Å². The molecule has 1 N–H and O–H groups in total. The van der Waals surface area contributed by atoms with Crippen molar-refractivity contribution in [1.82, 2.24) is 0 Å². The molecular weight excluding hydrogens is 227 g/mol. The van der Waals surface area contributed by atoms with Crippen LogP contribution in [0.15, 0.2) is 22.7 Å². The van der Waals surface area contributed by atoms with Crippen molar-refractivity contribution in [3.8, 4) is 11.5 Å². The van der Waals surface area contributed by atoms with Crippen LogP contribution in [0.1, 0.15) is 6.92 Å². The van der Waals surface area contributed by atoms with E-state index in [2.05, 4.69) is 20.7 Å². The molecule has 1 aromatic rings. The average molecular weight is 235 g/mol. The first-order chi connectivity index (χ1) is 5.59. The Hall–Kier alpha value is -0.770. The van der Waals surface area contributed by atoms with Crippen LogP contribution in [0.4, 0.5) is 4.39 Å². The summed E-state index contributed by atoms with van der Waals surface area (Å²) < 4.78 is 17.8. The summed E-state index contributed by atoms with van der Waals surface area (Å²) in [6.45, 7) is 1.25. The number of rotatable bonds is 2. The van der Waals surface area contributed by atoms with Crippen LogP contribution in [-0.2, 0) is 0 Å². The zero-order chi connectivity index (χ0) is 9.14. The third-order valence-electron chi connectivity index (χ3n) is 1.21. The molecule has 0 saturated carbocycles. The van der Waals surface area contributed by atoms with Gasteiger partial charge in [0, 0.05) is 11.4 Å². The molecule has 12 heavy (non-hydrogen) atoms. The fraction of sp³-hybridized carbons (Fsp3) is 0.250. The second-order valence-corrected chi connectivity index (χ2v) is 3.19. The number of phenolic OH excluding ortho intramolecular Hbond substituents is 1. The number of hydrogen-bond donors (Lipinski definition) is 1. The minimum Gasteiger partial charge on any atom is -0.504 e. The molecule has 0 radical (unpaired) electrons. The summed E-state index contributed by atoms with van der Waals surface area (Å²) in [5.41, 5.74) is 0. The lowest BCUT2D eigenvalue weighted by atomic mass is 10.3. The van der Waals surface area contributed by atoms with Crippen molar-refractivity contribution in [2.24, 2.45) is 0 Å². The van der Waals surface area contributed by atoms with Crippen LogP contribution in [0.2, 0.25) is 0 Å². The molecule has 0 aromatic heterocycles. The summed E-state index contributed by atoms with van der Waals surface area (Å²) in [4.78, 5) is 0.